The van der Waals surface area contributed by atoms with Crippen LogP contribution < -0.4 is 4.74 Å². The molecule has 1 N–H and O–H groups in total. The van der Waals surface area contributed by atoms with Crippen molar-refractivity contribution in [3.05, 3.63) is 59.0 Å². The molecule has 0 bridgehead atoms. The number of aliphatic carboxylic acids is 1. The number of piperidine rings is 1. The molecule has 0 amide bonds. The van der Waals surface area contributed by atoms with Gasteiger partial charge in [-0.3, -0.25) is 4.79 Å². The molecule has 0 radical (unpaired) electrons. The third-order valence-electron chi connectivity index (χ3n) is 5.97. The van der Waals surface area contributed by atoms with Crippen LogP contribution >= 0.6 is 11.6 Å². The average molecular weight is 509 g/mol. The molecule has 2 aromatic carbocycles. The number of carboxylic acids is 1. The molecule has 0 unspecified atom stereocenters. The summed E-state index contributed by atoms with van der Waals surface area (Å²) >= 11 is 6.19. The third-order valence-corrected chi connectivity index (χ3v) is 8.13. The number of hydrogen-bond donors (Lipinski definition) is 1. The number of aromatic nitrogens is 1. The first kappa shape index (κ1) is 24.5. The van der Waals surface area contributed by atoms with Crippen molar-refractivity contribution in [1.29, 1.82) is 0 Å². The zero-order chi connectivity index (χ0) is 24.6. The summed E-state index contributed by atoms with van der Waals surface area (Å²) in [6.07, 6.45) is 2.70. The SMILES string of the molecule is CC(C)Oc1ccc(S(=O)(=O)N2CCC(c3cn(CC(=O)O)c4ccc(Cl)cc34)CC2)c(F)c1. The Morgan fingerprint density at radius 2 is 1.91 bits per heavy atom. The summed E-state index contributed by atoms with van der Waals surface area (Å²) in [6, 6.07) is 9.12. The predicted octanol–water partition coefficient (Wildman–Crippen LogP) is 4.87. The Labute approximate surface area is 202 Å². The summed E-state index contributed by atoms with van der Waals surface area (Å²) in [6.45, 7) is 3.88. The number of carboxylic acid groups (broad SMARTS) is 1. The summed E-state index contributed by atoms with van der Waals surface area (Å²) < 4.78 is 49.3. The Morgan fingerprint density at radius 3 is 2.53 bits per heavy atom. The van der Waals surface area contributed by atoms with Crippen LogP contribution in [0.5, 0.6) is 5.75 Å². The second kappa shape index (κ2) is 9.56. The van der Waals surface area contributed by atoms with Crippen molar-refractivity contribution >= 4 is 38.5 Å². The number of benzene rings is 2. The van der Waals surface area contributed by atoms with E-state index in [1.807, 2.05) is 12.3 Å². The minimum atomic E-state index is -4.00. The van der Waals surface area contributed by atoms with E-state index in [2.05, 4.69) is 0 Å². The topological polar surface area (TPSA) is 88.8 Å². The molecule has 0 spiro atoms. The zero-order valence-corrected chi connectivity index (χ0v) is 20.4. The van der Waals surface area contributed by atoms with Gasteiger partial charge in [0.25, 0.3) is 0 Å². The number of hydrogen-bond acceptors (Lipinski definition) is 4. The van der Waals surface area contributed by atoms with E-state index in [0.29, 0.717) is 17.9 Å². The lowest BCUT2D eigenvalue weighted by Gasteiger charge is -2.31. The smallest absolute Gasteiger partial charge is 0.323 e. The highest BCUT2D eigenvalue weighted by Gasteiger charge is 2.33. The number of carbonyl (C=O) groups is 1. The fourth-order valence-electron chi connectivity index (χ4n) is 4.48. The van der Waals surface area contributed by atoms with E-state index in [0.717, 1.165) is 22.5 Å². The van der Waals surface area contributed by atoms with E-state index < -0.39 is 21.8 Å². The first-order chi connectivity index (χ1) is 16.1. The van der Waals surface area contributed by atoms with Gasteiger partial charge in [0.2, 0.25) is 10.0 Å². The molecular formula is C24H26ClFN2O5S. The molecular weight excluding hydrogens is 483 g/mol. The molecule has 1 aromatic heterocycles. The fourth-order valence-corrected chi connectivity index (χ4v) is 6.17. The Bertz CT molecular complexity index is 1330. The quantitative estimate of drug-likeness (QED) is 0.491. The molecule has 0 aliphatic carbocycles. The van der Waals surface area contributed by atoms with E-state index in [4.69, 9.17) is 16.3 Å². The number of sulfonamides is 1. The average Bonchev–Trinajstić information content (AvgIpc) is 3.10. The van der Waals surface area contributed by atoms with Crippen LogP contribution in [0.15, 0.2) is 47.5 Å². The molecule has 2 heterocycles. The van der Waals surface area contributed by atoms with Crippen LogP contribution in [0.1, 0.15) is 38.2 Å². The van der Waals surface area contributed by atoms with Crippen molar-refractivity contribution in [2.75, 3.05) is 13.1 Å². The molecule has 10 heteroatoms. The lowest BCUT2D eigenvalue weighted by molar-refractivity contribution is -0.137. The predicted molar refractivity (Wildman–Crippen MR) is 127 cm³/mol. The number of ether oxygens (including phenoxy) is 1. The van der Waals surface area contributed by atoms with Gasteiger partial charge in [-0.25, -0.2) is 12.8 Å². The lowest BCUT2D eigenvalue weighted by atomic mass is 9.90. The van der Waals surface area contributed by atoms with Crippen LogP contribution in [-0.2, 0) is 21.4 Å². The molecule has 182 valence electrons. The molecule has 0 atom stereocenters. The number of rotatable bonds is 7. The highest BCUT2D eigenvalue weighted by Crippen LogP contribution is 2.37. The van der Waals surface area contributed by atoms with Crippen LogP contribution in [-0.4, -0.2) is 47.6 Å². The van der Waals surface area contributed by atoms with E-state index in [1.165, 1.54) is 16.4 Å². The molecule has 1 aliphatic heterocycles. The van der Waals surface area contributed by atoms with Gasteiger partial charge in [0.05, 0.1) is 6.10 Å². The summed E-state index contributed by atoms with van der Waals surface area (Å²) in [5.74, 6) is -1.49. The molecule has 4 rings (SSSR count). The summed E-state index contributed by atoms with van der Waals surface area (Å²) in [5, 5.41) is 10.7. The Morgan fingerprint density at radius 1 is 1.21 bits per heavy atom. The van der Waals surface area contributed by atoms with Crippen molar-refractivity contribution in [2.45, 2.75) is 50.2 Å². The molecule has 7 nitrogen and oxygen atoms in total. The first-order valence-electron chi connectivity index (χ1n) is 11.0. The van der Waals surface area contributed by atoms with E-state index in [1.54, 1.807) is 30.5 Å². The third kappa shape index (κ3) is 4.92. The van der Waals surface area contributed by atoms with Gasteiger partial charge in [0.1, 0.15) is 23.0 Å². The number of fused-ring (bicyclic) bond motifs is 1. The van der Waals surface area contributed by atoms with Crippen molar-refractivity contribution < 1.29 is 27.4 Å². The highest BCUT2D eigenvalue weighted by atomic mass is 35.5. The normalized spacial score (nSPS) is 15.8. The van der Waals surface area contributed by atoms with Gasteiger partial charge in [0.15, 0.2) is 0 Å². The van der Waals surface area contributed by atoms with Gasteiger partial charge >= 0.3 is 5.97 Å². The molecule has 0 saturated carbocycles. The van der Waals surface area contributed by atoms with Crippen LogP contribution in [0.25, 0.3) is 10.9 Å². The van der Waals surface area contributed by atoms with E-state index >= 15 is 0 Å². The van der Waals surface area contributed by atoms with Crippen molar-refractivity contribution in [1.82, 2.24) is 8.87 Å². The zero-order valence-electron chi connectivity index (χ0n) is 18.9. The first-order valence-corrected chi connectivity index (χ1v) is 12.8. The lowest BCUT2D eigenvalue weighted by Crippen LogP contribution is -2.38. The molecule has 1 aliphatic rings. The Hall–Kier alpha value is -2.62. The molecule has 1 saturated heterocycles. The van der Waals surface area contributed by atoms with Crippen LogP contribution in [0.4, 0.5) is 4.39 Å². The fraction of sp³-hybridized carbons (Fsp3) is 0.375. The molecule has 3 aromatic rings. The van der Waals surface area contributed by atoms with Crippen LogP contribution in [0.3, 0.4) is 0 Å². The van der Waals surface area contributed by atoms with E-state index in [-0.39, 0.29) is 42.3 Å². The number of nitrogens with zero attached hydrogens (tertiary/aromatic N) is 2. The van der Waals surface area contributed by atoms with Gasteiger partial charge in [-0.05, 0) is 68.5 Å². The second-order valence-corrected chi connectivity index (χ2v) is 11.0. The van der Waals surface area contributed by atoms with Crippen molar-refractivity contribution in [3.8, 4) is 5.75 Å². The van der Waals surface area contributed by atoms with Crippen LogP contribution in [0.2, 0.25) is 5.02 Å². The maximum Gasteiger partial charge on any atom is 0.323 e. The maximum absolute atomic E-state index is 14.7. The second-order valence-electron chi connectivity index (χ2n) is 8.70. The summed E-state index contributed by atoms with van der Waals surface area (Å²) in [5.41, 5.74) is 1.71. The van der Waals surface area contributed by atoms with Crippen LogP contribution in [0, 0.1) is 5.82 Å². The van der Waals surface area contributed by atoms with Gasteiger partial charge in [-0.1, -0.05) is 11.6 Å². The van der Waals surface area contributed by atoms with Gasteiger partial charge in [-0.2, -0.15) is 4.31 Å². The van der Waals surface area contributed by atoms with Crippen molar-refractivity contribution in [3.63, 3.8) is 0 Å². The monoisotopic (exact) mass is 508 g/mol. The highest BCUT2D eigenvalue weighted by molar-refractivity contribution is 7.89. The Kier molecular flexibility index (Phi) is 6.89. The molecule has 1 fully saturated rings. The largest absolute Gasteiger partial charge is 0.491 e. The van der Waals surface area contributed by atoms with Gasteiger partial charge in [0, 0.05) is 41.3 Å². The molecule has 34 heavy (non-hydrogen) atoms. The number of halogens is 2. The standard InChI is InChI=1S/C24H26ClFN2O5S/c1-15(2)33-18-4-6-23(21(26)12-18)34(31,32)28-9-7-16(8-10-28)20-13-27(14-24(29)30)22-5-3-17(25)11-19(20)22/h3-6,11-13,15-16H,7-10,14H2,1-2H3,(H,29,30). The summed E-state index contributed by atoms with van der Waals surface area (Å²) in [7, 11) is -4.00. The Balaban J connectivity index is 1.55. The van der Waals surface area contributed by atoms with E-state index in [9.17, 15) is 22.7 Å². The van der Waals surface area contributed by atoms with Crippen molar-refractivity contribution in [2.24, 2.45) is 0 Å². The van der Waals surface area contributed by atoms with Gasteiger partial charge in [-0.15, -0.1) is 0 Å². The summed E-state index contributed by atoms with van der Waals surface area (Å²) in [4.78, 5) is 10.9. The minimum absolute atomic E-state index is 0.0223. The minimum Gasteiger partial charge on any atom is -0.491 e. The van der Waals surface area contributed by atoms with Gasteiger partial charge < -0.3 is 14.4 Å². The maximum atomic E-state index is 14.7.